The SMILES string of the molecule is CC(O)CC(CNC(=O)NCCn1cccc1)c1ccccc1. The maximum absolute atomic E-state index is 11.9. The highest BCUT2D eigenvalue weighted by Crippen LogP contribution is 2.20. The molecule has 2 rings (SSSR count). The van der Waals surface area contributed by atoms with Crippen LogP contribution in [0.25, 0.3) is 0 Å². The van der Waals surface area contributed by atoms with Crippen molar-refractivity contribution >= 4 is 6.03 Å². The van der Waals surface area contributed by atoms with E-state index in [1.54, 1.807) is 6.92 Å². The van der Waals surface area contributed by atoms with Crippen LogP contribution in [0, 0.1) is 0 Å². The molecule has 2 unspecified atom stereocenters. The Morgan fingerprint density at radius 3 is 2.48 bits per heavy atom. The van der Waals surface area contributed by atoms with Gasteiger partial charge in [-0.1, -0.05) is 30.3 Å². The Morgan fingerprint density at radius 2 is 1.83 bits per heavy atom. The summed E-state index contributed by atoms with van der Waals surface area (Å²) < 4.78 is 2.01. The van der Waals surface area contributed by atoms with Crippen molar-refractivity contribution < 1.29 is 9.90 Å². The van der Waals surface area contributed by atoms with Crippen molar-refractivity contribution in [2.45, 2.75) is 31.9 Å². The average Bonchev–Trinajstić information content (AvgIpc) is 3.05. The van der Waals surface area contributed by atoms with Crippen LogP contribution in [0.3, 0.4) is 0 Å². The molecule has 0 spiro atoms. The maximum Gasteiger partial charge on any atom is 0.314 e. The molecule has 2 amide bonds. The Morgan fingerprint density at radius 1 is 1.13 bits per heavy atom. The van der Waals surface area contributed by atoms with Crippen LogP contribution in [0.2, 0.25) is 0 Å². The van der Waals surface area contributed by atoms with Gasteiger partial charge in [0, 0.05) is 37.9 Å². The summed E-state index contributed by atoms with van der Waals surface area (Å²) in [6.07, 6.45) is 4.15. The molecule has 3 N–H and O–H groups in total. The molecule has 1 aromatic heterocycles. The molecule has 5 nitrogen and oxygen atoms in total. The van der Waals surface area contributed by atoms with E-state index in [0.29, 0.717) is 19.5 Å². The van der Waals surface area contributed by atoms with Gasteiger partial charge >= 0.3 is 6.03 Å². The van der Waals surface area contributed by atoms with Crippen LogP contribution in [0.15, 0.2) is 54.9 Å². The summed E-state index contributed by atoms with van der Waals surface area (Å²) >= 11 is 0. The van der Waals surface area contributed by atoms with E-state index in [1.807, 2.05) is 59.4 Å². The molecule has 23 heavy (non-hydrogen) atoms. The lowest BCUT2D eigenvalue weighted by Gasteiger charge is -2.20. The van der Waals surface area contributed by atoms with Crippen LogP contribution in [-0.2, 0) is 6.54 Å². The summed E-state index contributed by atoms with van der Waals surface area (Å²) in [5.41, 5.74) is 1.13. The minimum Gasteiger partial charge on any atom is -0.393 e. The van der Waals surface area contributed by atoms with Gasteiger partial charge in [-0.25, -0.2) is 4.79 Å². The lowest BCUT2D eigenvalue weighted by molar-refractivity contribution is 0.173. The predicted molar refractivity (Wildman–Crippen MR) is 91.3 cm³/mol. The van der Waals surface area contributed by atoms with E-state index in [9.17, 15) is 9.90 Å². The first-order chi connectivity index (χ1) is 11.1. The number of nitrogens with zero attached hydrogens (tertiary/aromatic N) is 1. The van der Waals surface area contributed by atoms with E-state index in [4.69, 9.17) is 0 Å². The van der Waals surface area contributed by atoms with Gasteiger partial charge in [-0.15, -0.1) is 0 Å². The highest BCUT2D eigenvalue weighted by Gasteiger charge is 2.15. The Bertz CT molecular complexity index is 567. The average molecular weight is 315 g/mol. The fraction of sp³-hybridized carbons (Fsp3) is 0.389. The van der Waals surface area contributed by atoms with Crippen molar-refractivity contribution in [3.05, 3.63) is 60.4 Å². The van der Waals surface area contributed by atoms with Gasteiger partial charge in [0.1, 0.15) is 0 Å². The van der Waals surface area contributed by atoms with E-state index in [2.05, 4.69) is 10.6 Å². The Kier molecular flexibility index (Phi) is 6.69. The van der Waals surface area contributed by atoms with Crippen molar-refractivity contribution in [2.24, 2.45) is 0 Å². The van der Waals surface area contributed by atoms with Crippen molar-refractivity contribution in [2.75, 3.05) is 13.1 Å². The molecule has 0 bridgehead atoms. The summed E-state index contributed by atoms with van der Waals surface area (Å²) in [6, 6.07) is 13.7. The van der Waals surface area contributed by atoms with Gasteiger partial charge in [0.2, 0.25) is 0 Å². The van der Waals surface area contributed by atoms with Gasteiger partial charge in [-0.2, -0.15) is 0 Å². The molecule has 124 valence electrons. The minimum absolute atomic E-state index is 0.103. The first-order valence-corrected chi connectivity index (χ1v) is 8.00. The van der Waals surface area contributed by atoms with Crippen LogP contribution in [-0.4, -0.2) is 34.9 Å². The van der Waals surface area contributed by atoms with Gasteiger partial charge in [0.25, 0.3) is 0 Å². The van der Waals surface area contributed by atoms with Gasteiger partial charge < -0.3 is 20.3 Å². The van der Waals surface area contributed by atoms with Crippen LogP contribution >= 0.6 is 0 Å². The molecule has 2 aromatic rings. The highest BCUT2D eigenvalue weighted by atomic mass is 16.3. The number of carbonyl (C=O) groups excluding carboxylic acids is 1. The van der Waals surface area contributed by atoms with E-state index in [-0.39, 0.29) is 11.9 Å². The van der Waals surface area contributed by atoms with Crippen molar-refractivity contribution in [1.82, 2.24) is 15.2 Å². The van der Waals surface area contributed by atoms with Crippen LogP contribution in [0.1, 0.15) is 24.8 Å². The number of urea groups is 1. The van der Waals surface area contributed by atoms with Crippen molar-refractivity contribution in [3.8, 4) is 0 Å². The number of nitrogens with one attached hydrogen (secondary N) is 2. The standard InChI is InChI=1S/C18H25N3O2/c1-15(22)13-17(16-7-3-2-4-8-16)14-20-18(23)19-9-12-21-10-5-6-11-21/h2-8,10-11,15,17,22H,9,12-14H2,1H3,(H2,19,20,23). The maximum atomic E-state index is 11.9. The zero-order valence-corrected chi connectivity index (χ0v) is 13.5. The summed E-state index contributed by atoms with van der Waals surface area (Å²) in [5.74, 6) is 0.103. The topological polar surface area (TPSA) is 66.3 Å². The molecule has 0 fully saturated rings. The third-order valence-corrected chi connectivity index (χ3v) is 3.73. The number of carbonyl (C=O) groups is 1. The second kappa shape index (κ2) is 9.00. The number of benzene rings is 1. The van der Waals surface area contributed by atoms with Gasteiger partial charge in [0.05, 0.1) is 6.10 Å². The summed E-state index contributed by atoms with van der Waals surface area (Å²) in [7, 11) is 0. The number of aliphatic hydroxyl groups is 1. The molecule has 0 saturated heterocycles. The molecule has 0 saturated carbocycles. The molecular weight excluding hydrogens is 290 g/mol. The normalized spacial score (nSPS) is 13.3. The zero-order chi connectivity index (χ0) is 16.5. The quantitative estimate of drug-likeness (QED) is 0.700. The second-order valence-electron chi connectivity index (χ2n) is 5.75. The van der Waals surface area contributed by atoms with E-state index >= 15 is 0 Å². The Labute approximate surface area is 137 Å². The third-order valence-electron chi connectivity index (χ3n) is 3.73. The lowest BCUT2D eigenvalue weighted by Crippen LogP contribution is -2.39. The first kappa shape index (κ1) is 17.1. The number of hydrogen-bond acceptors (Lipinski definition) is 2. The zero-order valence-electron chi connectivity index (χ0n) is 13.5. The van der Waals surface area contributed by atoms with E-state index < -0.39 is 6.10 Å². The molecule has 1 aromatic carbocycles. The first-order valence-electron chi connectivity index (χ1n) is 8.00. The summed E-state index contributed by atoms with van der Waals surface area (Å²) in [4.78, 5) is 11.9. The molecule has 0 aliphatic carbocycles. The number of rotatable bonds is 8. The lowest BCUT2D eigenvalue weighted by atomic mass is 9.93. The van der Waals surface area contributed by atoms with Gasteiger partial charge in [-0.05, 0) is 31.0 Å². The molecular formula is C18H25N3O2. The summed E-state index contributed by atoms with van der Waals surface area (Å²) in [5, 5.41) is 15.4. The highest BCUT2D eigenvalue weighted by molar-refractivity contribution is 5.73. The van der Waals surface area contributed by atoms with Crippen LogP contribution in [0.4, 0.5) is 4.79 Å². The molecule has 0 aliphatic rings. The fourth-order valence-corrected chi connectivity index (χ4v) is 2.57. The Balaban J connectivity index is 1.77. The smallest absolute Gasteiger partial charge is 0.314 e. The second-order valence-corrected chi connectivity index (χ2v) is 5.75. The number of aromatic nitrogens is 1. The number of hydrogen-bond donors (Lipinski definition) is 3. The van der Waals surface area contributed by atoms with Gasteiger partial charge in [0.15, 0.2) is 0 Å². The third kappa shape index (κ3) is 6.16. The fourth-order valence-electron chi connectivity index (χ4n) is 2.57. The molecule has 2 atom stereocenters. The minimum atomic E-state index is -0.404. The van der Waals surface area contributed by atoms with Crippen LogP contribution < -0.4 is 10.6 Å². The summed E-state index contributed by atoms with van der Waals surface area (Å²) in [6.45, 7) is 3.60. The number of aliphatic hydroxyl groups excluding tert-OH is 1. The molecule has 5 heteroatoms. The molecule has 0 radical (unpaired) electrons. The van der Waals surface area contributed by atoms with E-state index in [1.165, 1.54) is 0 Å². The van der Waals surface area contributed by atoms with E-state index in [0.717, 1.165) is 12.1 Å². The Hall–Kier alpha value is -2.27. The number of amides is 2. The monoisotopic (exact) mass is 315 g/mol. The van der Waals surface area contributed by atoms with Crippen LogP contribution in [0.5, 0.6) is 0 Å². The largest absolute Gasteiger partial charge is 0.393 e. The predicted octanol–water partition coefficient (Wildman–Crippen LogP) is 2.34. The van der Waals surface area contributed by atoms with Crippen molar-refractivity contribution in [3.63, 3.8) is 0 Å². The molecule has 1 heterocycles. The molecule has 0 aliphatic heterocycles. The van der Waals surface area contributed by atoms with Crippen molar-refractivity contribution in [1.29, 1.82) is 0 Å². The van der Waals surface area contributed by atoms with Gasteiger partial charge in [-0.3, -0.25) is 0 Å².